The van der Waals surface area contributed by atoms with Crippen LogP contribution >= 0.6 is 0 Å². The molecule has 0 bridgehead atoms. The van der Waals surface area contributed by atoms with Crippen molar-refractivity contribution in [2.75, 3.05) is 25.2 Å². The molecule has 0 saturated carbocycles. The first-order valence-electron chi connectivity index (χ1n) is 6.78. The maximum Gasteiger partial charge on any atom is 0.341 e. The van der Waals surface area contributed by atoms with Gasteiger partial charge in [0.1, 0.15) is 12.4 Å². The fourth-order valence-corrected chi connectivity index (χ4v) is 2.15. The van der Waals surface area contributed by atoms with Gasteiger partial charge in [-0.2, -0.15) is 0 Å². The average Bonchev–Trinajstić information content (AvgIpc) is 2.91. The maximum absolute atomic E-state index is 11.6. The summed E-state index contributed by atoms with van der Waals surface area (Å²) in [5.41, 5.74) is -0.872. The lowest BCUT2D eigenvalue weighted by molar-refractivity contribution is -0.163. The van der Waals surface area contributed by atoms with Gasteiger partial charge in [0, 0.05) is 18.7 Å². The van der Waals surface area contributed by atoms with Crippen molar-refractivity contribution in [1.82, 2.24) is 0 Å². The van der Waals surface area contributed by atoms with Gasteiger partial charge in [0.25, 0.3) is 0 Å². The van der Waals surface area contributed by atoms with Crippen LogP contribution < -0.4 is 9.64 Å². The molecule has 1 aliphatic heterocycles. The Morgan fingerprint density at radius 3 is 2.57 bits per heavy atom. The number of hydrogen-bond acceptors (Lipinski definition) is 5. The molecule has 21 heavy (non-hydrogen) atoms. The lowest BCUT2D eigenvalue weighted by Crippen LogP contribution is -2.42. The zero-order chi connectivity index (χ0) is 15.5. The Kier molecular flexibility index (Phi) is 4.47. The van der Waals surface area contributed by atoms with E-state index in [1.54, 1.807) is 29.2 Å². The van der Waals surface area contributed by atoms with E-state index in [0.29, 0.717) is 12.2 Å². The zero-order valence-electron chi connectivity index (χ0n) is 12.2. The topological polar surface area (TPSA) is 76.1 Å². The van der Waals surface area contributed by atoms with Crippen molar-refractivity contribution in [3.05, 3.63) is 24.3 Å². The third kappa shape index (κ3) is 3.52. The van der Waals surface area contributed by atoms with Crippen molar-refractivity contribution >= 4 is 17.6 Å². The number of ether oxygens (including phenoxy) is 2. The fraction of sp³-hybridized carbons (Fsp3) is 0.467. The standard InChI is InChI=1S/C15H19NO5/c1-15(19,14(18)20-2)10-21-12-7-5-11(6-8-12)16-9-3-4-13(16)17/h5-8,19H,3-4,9-10H2,1-2H3. The van der Waals surface area contributed by atoms with Gasteiger partial charge in [0.15, 0.2) is 5.60 Å². The number of esters is 1. The Balaban J connectivity index is 1.97. The summed E-state index contributed by atoms with van der Waals surface area (Å²) >= 11 is 0. The van der Waals surface area contributed by atoms with Crippen molar-refractivity contribution in [3.8, 4) is 5.75 Å². The molecule has 1 N–H and O–H groups in total. The summed E-state index contributed by atoms with van der Waals surface area (Å²) in [6.45, 7) is 1.86. The molecule has 6 heteroatoms. The molecular weight excluding hydrogens is 274 g/mol. The van der Waals surface area contributed by atoms with Crippen molar-refractivity contribution in [2.24, 2.45) is 0 Å². The molecule has 1 aliphatic rings. The van der Waals surface area contributed by atoms with E-state index in [9.17, 15) is 14.7 Å². The van der Waals surface area contributed by atoms with Gasteiger partial charge in [0.2, 0.25) is 5.91 Å². The second kappa shape index (κ2) is 6.13. The molecule has 0 spiro atoms. The van der Waals surface area contributed by atoms with Gasteiger partial charge in [0.05, 0.1) is 7.11 Å². The van der Waals surface area contributed by atoms with Crippen molar-refractivity contribution in [2.45, 2.75) is 25.4 Å². The summed E-state index contributed by atoms with van der Waals surface area (Å²) in [5.74, 6) is -0.117. The maximum atomic E-state index is 11.6. The molecule has 114 valence electrons. The van der Waals surface area contributed by atoms with Gasteiger partial charge >= 0.3 is 5.97 Å². The Labute approximate surface area is 123 Å². The van der Waals surface area contributed by atoms with E-state index in [-0.39, 0.29) is 12.5 Å². The number of anilines is 1. The predicted octanol–water partition coefficient (Wildman–Crippen LogP) is 1.12. The van der Waals surface area contributed by atoms with Crippen LogP contribution in [0.25, 0.3) is 0 Å². The highest BCUT2D eigenvalue weighted by atomic mass is 16.6. The number of nitrogens with zero attached hydrogens (tertiary/aromatic N) is 1. The number of aliphatic hydroxyl groups is 1. The van der Waals surface area contributed by atoms with Crippen LogP contribution in [-0.2, 0) is 14.3 Å². The van der Waals surface area contributed by atoms with Crippen LogP contribution in [-0.4, -0.2) is 42.8 Å². The minimum Gasteiger partial charge on any atom is -0.490 e. The molecule has 6 nitrogen and oxygen atoms in total. The van der Waals surface area contributed by atoms with E-state index in [4.69, 9.17) is 4.74 Å². The summed E-state index contributed by atoms with van der Waals surface area (Å²) in [6.07, 6.45) is 1.46. The summed E-state index contributed by atoms with van der Waals surface area (Å²) in [6, 6.07) is 6.97. The minimum absolute atomic E-state index is 0.122. The number of hydrogen-bond donors (Lipinski definition) is 1. The Morgan fingerprint density at radius 1 is 1.38 bits per heavy atom. The second-order valence-corrected chi connectivity index (χ2v) is 5.20. The van der Waals surface area contributed by atoms with E-state index in [2.05, 4.69) is 4.74 Å². The van der Waals surface area contributed by atoms with Crippen LogP contribution in [0.15, 0.2) is 24.3 Å². The highest BCUT2D eigenvalue weighted by Crippen LogP contribution is 2.24. The molecule has 1 atom stereocenters. The SMILES string of the molecule is COC(=O)C(C)(O)COc1ccc(N2CCCC2=O)cc1. The number of carbonyl (C=O) groups is 2. The van der Waals surface area contributed by atoms with Crippen LogP contribution in [0.1, 0.15) is 19.8 Å². The first kappa shape index (κ1) is 15.3. The number of carbonyl (C=O) groups excluding carboxylic acids is 2. The molecule has 1 amide bonds. The zero-order valence-corrected chi connectivity index (χ0v) is 12.2. The van der Waals surface area contributed by atoms with E-state index in [0.717, 1.165) is 18.7 Å². The Hall–Kier alpha value is -2.08. The Morgan fingerprint density at radius 2 is 2.05 bits per heavy atom. The number of amides is 1. The highest BCUT2D eigenvalue weighted by molar-refractivity contribution is 5.95. The van der Waals surface area contributed by atoms with Crippen LogP contribution in [0.5, 0.6) is 5.75 Å². The third-order valence-corrected chi connectivity index (χ3v) is 3.37. The molecule has 1 aromatic rings. The summed E-state index contributed by atoms with van der Waals surface area (Å²) in [7, 11) is 1.21. The van der Waals surface area contributed by atoms with Crippen molar-refractivity contribution in [1.29, 1.82) is 0 Å². The van der Waals surface area contributed by atoms with Crippen LogP contribution in [0.4, 0.5) is 5.69 Å². The van der Waals surface area contributed by atoms with E-state index in [1.165, 1.54) is 14.0 Å². The van der Waals surface area contributed by atoms with Gasteiger partial charge < -0.3 is 19.5 Å². The molecule has 1 aromatic carbocycles. The van der Waals surface area contributed by atoms with Crippen molar-refractivity contribution in [3.63, 3.8) is 0 Å². The monoisotopic (exact) mass is 293 g/mol. The van der Waals surface area contributed by atoms with E-state index >= 15 is 0 Å². The van der Waals surface area contributed by atoms with Gasteiger partial charge in [-0.25, -0.2) is 4.79 Å². The third-order valence-electron chi connectivity index (χ3n) is 3.37. The quantitative estimate of drug-likeness (QED) is 0.823. The second-order valence-electron chi connectivity index (χ2n) is 5.20. The van der Waals surface area contributed by atoms with Gasteiger partial charge in [-0.15, -0.1) is 0 Å². The van der Waals surface area contributed by atoms with Gasteiger partial charge in [-0.1, -0.05) is 0 Å². The number of benzene rings is 1. The van der Waals surface area contributed by atoms with Crippen LogP contribution in [0.3, 0.4) is 0 Å². The lowest BCUT2D eigenvalue weighted by atomic mass is 10.1. The molecule has 0 aromatic heterocycles. The summed E-state index contributed by atoms with van der Waals surface area (Å²) < 4.78 is 9.87. The Bertz CT molecular complexity index is 523. The normalized spacial score (nSPS) is 17.5. The molecule has 1 unspecified atom stereocenters. The first-order chi connectivity index (χ1) is 9.94. The number of rotatable bonds is 5. The minimum atomic E-state index is -1.70. The predicted molar refractivity (Wildman–Crippen MR) is 76.2 cm³/mol. The van der Waals surface area contributed by atoms with Crippen LogP contribution in [0.2, 0.25) is 0 Å². The molecule has 1 saturated heterocycles. The smallest absolute Gasteiger partial charge is 0.341 e. The molecule has 0 radical (unpaired) electrons. The largest absolute Gasteiger partial charge is 0.490 e. The van der Waals surface area contributed by atoms with Crippen LogP contribution in [0, 0.1) is 0 Å². The molecule has 1 heterocycles. The van der Waals surface area contributed by atoms with Crippen molar-refractivity contribution < 1.29 is 24.2 Å². The first-order valence-corrected chi connectivity index (χ1v) is 6.78. The van der Waals surface area contributed by atoms with Gasteiger partial charge in [-0.3, -0.25) is 4.79 Å². The van der Waals surface area contributed by atoms with E-state index < -0.39 is 11.6 Å². The summed E-state index contributed by atoms with van der Waals surface area (Å²) in [5, 5.41) is 9.85. The molecule has 2 rings (SSSR count). The molecule has 1 fully saturated rings. The fourth-order valence-electron chi connectivity index (χ4n) is 2.15. The summed E-state index contributed by atoms with van der Waals surface area (Å²) in [4.78, 5) is 24.7. The molecular formula is C15H19NO5. The average molecular weight is 293 g/mol. The molecule has 0 aliphatic carbocycles. The lowest BCUT2D eigenvalue weighted by Gasteiger charge is -2.21. The number of methoxy groups -OCH3 is 1. The van der Waals surface area contributed by atoms with E-state index in [1.807, 2.05) is 0 Å². The highest BCUT2D eigenvalue weighted by Gasteiger charge is 2.32. The van der Waals surface area contributed by atoms with Gasteiger partial charge in [-0.05, 0) is 37.6 Å².